The highest BCUT2D eigenvalue weighted by molar-refractivity contribution is 5.85. The Hall–Kier alpha value is -0.0300. The molecule has 3 N–H and O–H groups in total. The summed E-state index contributed by atoms with van der Waals surface area (Å²) in [6.07, 6.45) is 3.93. The minimum atomic E-state index is 0. The number of amides is 1. The second-order valence-electron chi connectivity index (χ2n) is 4.77. The standard InChI is InChI=1S/C12H25N3O.2ClH/c1-11-4-8-15(9-5-11)10-7-14-12(16)3-2-6-13;;/h11H,2-10,13H2,1H3,(H,14,16);2*1H. The lowest BCUT2D eigenvalue weighted by Crippen LogP contribution is -2.39. The predicted molar refractivity (Wildman–Crippen MR) is 80.6 cm³/mol. The minimum absolute atomic E-state index is 0. The third kappa shape index (κ3) is 8.97. The second-order valence-corrected chi connectivity index (χ2v) is 4.77. The van der Waals surface area contributed by atoms with Crippen LogP contribution in [0.25, 0.3) is 0 Å². The molecule has 0 aromatic carbocycles. The van der Waals surface area contributed by atoms with E-state index in [2.05, 4.69) is 17.1 Å². The van der Waals surface area contributed by atoms with E-state index < -0.39 is 0 Å². The molecule has 1 aliphatic heterocycles. The van der Waals surface area contributed by atoms with E-state index in [9.17, 15) is 4.79 Å². The van der Waals surface area contributed by atoms with Gasteiger partial charge in [0.05, 0.1) is 0 Å². The van der Waals surface area contributed by atoms with Crippen LogP contribution in [0, 0.1) is 5.92 Å². The first-order chi connectivity index (χ1) is 7.72. The molecule has 0 bridgehead atoms. The minimum Gasteiger partial charge on any atom is -0.355 e. The second kappa shape index (κ2) is 12.0. The number of halogens is 2. The molecular weight excluding hydrogens is 273 g/mol. The number of nitrogens with two attached hydrogens (primary N) is 1. The van der Waals surface area contributed by atoms with Crippen LogP contribution in [0.4, 0.5) is 0 Å². The zero-order valence-electron chi connectivity index (χ0n) is 11.2. The number of likely N-dealkylation sites (tertiary alicyclic amines) is 1. The van der Waals surface area contributed by atoms with E-state index in [0.29, 0.717) is 13.0 Å². The lowest BCUT2D eigenvalue weighted by molar-refractivity contribution is -0.121. The Kier molecular flexibility index (Phi) is 13.6. The molecule has 1 saturated heterocycles. The van der Waals surface area contributed by atoms with Crippen LogP contribution in [0.1, 0.15) is 32.6 Å². The van der Waals surface area contributed by atoms with Crippen LogP contribution in [-0.2, 0) is 4.79 Å². The van der Waals surface area contributed by atoms with E-state index in [0.717, 1.165) is 25.4 Å². The Labute approximate surface area is 123 Å². The number of rotatable bonds is 6. The maximum absolute atomic E-state index is 11.3. The third-order valence-electron chi connectivity index (χ3n) is 3.23. The Balaban J connectivity index is 0. The number of carbonyl (C=O) groups is 1. The van der Waals surface area contributed by atoms with Crippen molar-refractivity contribution < 1.29 is 4.79 Å². The van der Waals surface area contributed by atoms with E-state index in [1.165, 1.54) is 25.9 Å². The Morgan fingerprint density at radius 3 is 2.50 bits per heavy atom. The Bertz CT molecular complexity index is 209. The molecule has 1 heterocycles. The maximum atomic E-state index is 11.3. The van der Waals surface area contributed by atoms with Gasteiger partial charge in [-0.2, -0.15) is 0 Å². The first-order valence-electron chi connectivity index (χ1n) is 6.41. The molecule has 6 heteroatoms. The van der Waals surface area contributed by atoms with Crippen LogP contribution >= 0.6 is 24.8 Å². The fourth-order valence-corrected chi connectivity index (χ4v) is 1.99. The Morgan fingerprint density at radius 1 is 1.33 bits per heavy atom. The molecule has 110 valence electrons. The fraction of sp³-hybridized carbons (Fsp3) is 0.917. The van der Waals surface area contributed by atoms with Crippen LogP contribution < -0.4 is 11.1 Å². The molecule has 0 aromatic rings. The molecule has 0 unspecified atom stereocenters. The number of hydrogen-bond acceptors (Lipinski definition) is 3. The van der Waals surface area contributed by atoms with Crippen molar-refractivity contribution in [2.75, 3.05) is 32.7 Å². The SMILES string of the molecule is CC1CCN(CCNC(=O)CCCN)CC1.Cl.Cl. The van der Waals surface area contributed by atoms with Gasteiger partial charge < -0.3 is 16.0 Å². The van der Waals surface area contributed by atoms with Gasteiger partial charge in [0.2, 0.25) is 5.91 Å². The third-order valence-corrected chi connectivity index (χ3v) is 3.23. The monoisotopic (exact) mass is 299 g/mol. The van der Waals surface area contributed by atoms with Crippen molar-refractivity contribution in [2.45, 2.75) is 32.6 Å². The Morgan fingerprint density at radius 2 is 1.94 bits per heavy atom. The van der Waals surface area contributed by atoms with Gasteiger partial charge in [-0.1, -0.05) is 6.92 Å². The van der Waals surface area contributed by atoms with Crippen LogP contribution in [0.5, 0.6) is 0 Å². The van der Waals surface area contributed by atoms with Crippen LogP contribution in [0.15, 0.2) is 0 Å². The van der Waals surface area contributed by atoms with E-state index in [-0.39, 0.29) is 30.7 Å². The molecular formula is C12H27Cl2N3O. The molecule has 0 aromatic heterocycles. The predicted octanol–water partition coefficient (Wildman–Crippen LogP) is 1.42. The highest BCUT2D eigenvalue weighted by atomic mass is 35.5. The molecule has 1 fully saturated rings. The summed E-state index contributed by atoms with van der Waals surface area (Å²) in [5.74, 6) is 1.01. The number of carbonyl (C=O) groups excluding carboxylic acids is 1. The molecule has 0 radical (unpaired) electrons. The van der Waals surface area contributed by atoms with Crippen molar-refractivity contribution in [3.63, 3.8) is 0 Å². The van der Waals surface area contributed by atoms with Gasteiger partial charge in [0.15, 0.2) is 0 Å². The molecule has 4 nitrogen and oxygen atoms in total. The number of hydrogen-bond donors (Lipinski definition) is 2. The van der Waals surface area contributed by atoms with Crippen molar-refractivity contribution in [1.29, 1.82) is 0 Å². The van der Waals surface area contributed by atoms with E-state index in [1.54, 1.807) is 0 Å². The van der Waals surface area contributed by atoms with Crippen molar-refractivity contribution in [3.05, 3.63) is 0 Å². The average Bonchev–Trinajstić information content (AvgIpc) is 2.29. The van der Waals surface area contributed by atoms with Crippen molar-refractivity contribution in [2.24, 2.45) is 11.7 Å². The summed E-state index contributed by atoms with van der Waals surface area (Å²) in [5, 5.41) is 2.94. The number of piperidine rings is 1. The van der Waals surface area contributed by atoms with Gasteiger partial charge in [-0.3, -0.25) is 4.79 Å². The summed E-state index contributed by atoms with van der Waals surface area (Å²) in [4.78, 5) is 13.7. The maximum Gasteiger partial charge on any atom is 0.220 e. The first-order valence-corrected chi connectivity index (χ1v) is 6.41. The van der Waals surface area contributed by atoms with Gasteiger partial charge >= 0.3 is 0 Å². The highest BCUT2D eigenvalue weighted by Crippen LogP contribution is 2.14. The van der Waals surface area contributed by atoms with Gasteiger partial charge in [0.1, 0.15) is 0 Å². The summed E-state index contributed by atoms with van der Waals surface area (Å²) in [6, 6.07) is 0. The average molecular weight is 300 g/mol. The van der Waals surface area contributed by atoms with Crippen LogP contribution in [-0.4, -0.2) is 43.5 Å². The highest BCUT2D eigenvalue weighted by Gasteiger charge is 2.14. The largest absolute Gasteiger partial charge is 0.355 e. The summed E-state index contributed by atoms with van der Waals surface area (Å²) in [6.45, 7) is 7.03. The molecule has 0 atom stereocenters. The van der Waals surface area contributed by atoms with Gasteiger partial charge in [0.25, 0.3) is 0 Å². The first kappa shape index (κ1) is 20.3. The zero-order chi connectivity index (χ0) is 11.8. The van der Waals surface area contributed by atoms with Crippen molar-refractivity contribution in [1.82, 2.24) is 10.2 Å². The summed E-state index contributed by atoms with van der Waals surface area (Å²) in [5.41, 5.74) is 5.35. The molecule has 1 rings (SSSR count). The van der Waals surface area contributed by atoms with Gasteiger partial charge in [-0.25, -0.2) is 0 Å². The number of nitrogens with one attached hydrogen (secondary N) is 1. The van der Waals surface area contributed by atoms with E-state index >= 15 is 0 Å². The normalized spacial score (nSPS) is 16.6. The zero-order valence-corrected chi connectivity index (χ0v) is 12.8. The number of nitrogens with zero attached hydrogens (tertiary/aromatic N) is 1. The molecule has 0 spiro atoms. The molecule has 0 saturated carbocycles. The van der Waals surface area contributed by atoms with Crippen molar-refractivity contribution >= 4 is 30.7 Å². The van der Waals surface area contributed by atoms with Crippen molar-refractivity contribution in [3.8, 4) is 0 Å². The van der Waals surface area contributed by atoms with E-state index in [4.69, 9.17) is 5.73 Å². The summed E-state index contributed by atoms with van der Waals surface area (Å²) in [7, 11) is 0. The fourth-order valence-electron chi connectivity index (χ4n) is 1.99. The lowest BCUT2D eigenvalue weighted by Gasteiger charge is -2.30. The summed E-state index contributed by atoms with van der Waals surface area (Å²) < 4.78 is 0. The summed E-state index contributed by atoms with van der Waals surface area (Å²) >= 11 is 0. The van der Waals surface area contributed by atoms with Gasteiger partial charge in [-0.05, 0) is 44.8 Å². The lowest BCUT2D eigenvalue weighted by atomic mass is 9.99. The van der Waals surface area contributed by atoms with Gasteiger partial charge in [-0.15, -0.1) is 24.8 Å². The topological polar surface area (TPSA) is 58.4 Å². The molecule has 0 aliphatic carbocycles. The van der Waals surface area contributed by atoms with Crippen LogP contribution in [0.2, 0.25) is 0 Å². The molecule has 18 heavy (non-hydrogen) atoms. The van der Waals surface area contributed by atoms with Gasteiger partial charge in [0, 0.05) is 19.5 Å². The quantitative estimate of drug-likeness (QED) is 0.780. The smallest absolute Gasteiger partial charge is 0.220 e. The van der Waals surface area contributed by atoms with Crippen LogP contribution in [0.3, 0.4) is 0 Å². The molecule has 1 aliphatic rings. The molecule has 1 amide bonds. The van der Waals surface area contributed by atoms with E-state index in [1.807, 2.05) is 0 Å².